The van der Waals surface area contributed by atoms with Gasteiger partial charge in [-0.1, -0.05) is 6.07 Å². The highest BCUT2D eigenvalue weighted by atomic mass is 16.5. The summed E-state index contributed by atoms with van der Waals surface area (Å²) in [6.07, 6.45) is 6.59. The molecule has 4 rings (SSSR count). The molecule has 21 heavy (non-hydrogen) atoms. The van der Waals surface area contributed by atoms with Crippen LogP contribution in [0.4, 0.5) is 0 Å². The van der Waals surface area contributed by atoms with Gasteiger partial charge < -0.3 is 14.7 Å². The first-order valence-corrected chi connectivity index (χ1v) is 7.59. The number of hydrogen-bond donors (Lipinski definition) is 1. The van der Waals surface area contributed by atoms with Crippen LogP contribution >= 0.6 is 0 Å². The van der Waals surface area contributed by atoms with E-state index in [-0.39, 0.29) is 5.91 Å². The number of likely N-dealkylation sites (tertiary alicyclic amines) is 1. The maximum absolute atomic E-state index is 12.1. The summed E-state index contributed by atoms with van der Waals surface area (Å²) in [5.41, 5.74) is 1.62. The second kappa shape index (κ2) is 4.60. The highest BCUT2D eigenvalue weighted by Gasteiger charge is 2.52. The first-order chi connectivity index (χ1) is 10.1. The molecule has 0 unspecified atom stereocenters. The Kier molecular flexibility index (Phi) is 2.82. The molecule has 3 aliphatic rings. The van der Waals surface area contributed by atoms with Gasteiger partial charge in [0.15, 0.2) is 0 Å². The van der Waals surface area contributed by atoms with Crippen LogP contribution in [0, 0.1) is 5.92 Å². The fraction of sp³-hybridized carbons (Fsp3) is 0.471. The molecule has 0 atom stereocenters. The number of ether oxygens (including phenoxy) is 1. The molecule has 0 aromatic heterocycles. The van der Waals surface area contributed by atoms with E-state index < -0.39 is 5.60 Å². The zero-order chi connectivity index (χ0) is 14.4. The average molecular weight is 285 g/mol. The molecule has 110 valence electrons. The molecular weight excluding hydrogens is 266 g/mol. The molecule has 1 amide bonds. The number of carbonyl (C=O) groups excluding carboxylic acids is 1. The van der Waals surface area contributed by atoms with Gasteiger partial charge in [0.1, 0.15) is 11.4 Å². The van der Waals surface area contributed by atoms with Gasteiger partial charge in [0.25, 0.3) is 0 Å². The predicted octanol–water partition coefficient (Wildman–Crippen LogP) is 1.62. The number of hydrogen-bond acceptors (Lipinski definition) is 3. The van der Waals surface area contributed by atoms with Crippen molar-refractivity contribution in [3.05, 3.63) is 35.4 Å². The zero-order valence-corrected chi connectivity index (χ0v) is 11.9. The first kappa shape index (κ1) is 12.9. The molecule has 4 heteroatoms. The van der Waals surface area contributed by atoms with Crippen LogP contribution < -0.4 is 4.74 Å². The standard InChI is InChI=1S/C17H19NO3/c19-16(18-10-17(20,11-18)14-3-4-14)6-2-12-1-5-15-13(9-12)7-8-21-15/h1-2,5-6,9,14,20H,3-4,7-8,10-11H2. The van der Waals surface area contributed by atoms with Gasteiger partial charge in [-0.05, 0) is 48.1 Å². The summed E-state index contributed by atoms with van der Waals surface area (Å²) in [5, 5.41) is 10.2. The van der Waals surface area contributed by atoms with Crippen molar-refractivity contribution in [1.29, 1.82) is 0 Å². The lowest BCUT2D eigenvalue weighted by molar-refractivity contribution is -0.154. The van der Waals surface area contributed by atoms with Crippen molar-refractivity contribution >= 4 is 12.0 Å². The molecule has 1 aliphatic carbocycles. The fourth-order valence-electron chi connectivity index (χ4n) is 3.23. The quantitative estimate of drug-likeness (QED) is 0.859. The molecule has 1 N–H and O–H groups in total. The molecule has 1 saturated heterocycles. The van der Waals surface area contributed by atoms with Gasteiger partial charge in [-0.15, -0.1) is 0 Å². The molecule has 2 heterocycles. The Balaban J connectivity index is 1.38. The molecule has 0 spiro atoms. The van der Waals surface area contributed by atoms with Crippen LogP contribution in [-0.4, -0.2) is 41.2 Å². The summed E-state index contributed by atoms with van der Waals surface area (Å²) < 4.78 is 5.47. The predicted molar refractivity (Wildman–Crippen MR) is 78.9 cm³/mol. The van der Waals surface area contributed by atoms with Gasteiger partial charge in [0.05, 0.1) is 19.7 Å². The second-order valence-corrected chi connectivity index (χ2v) is 6.37. The van der Waals surface area contributed by atoms with Crippen LogP contribution in [0.2, 0.25) is 0 Å². The van der Waals surface area contributed by atoms with E-state index in [0.29, 0.717) is 19.0 Å². The second-order valence-electron chi connectivity index (χ2n) is 6.37. The Labute approximate surface area is 124 Å². The lowest BCUT2D eigenvalue weighted by Crippen LogP contribution is -2.64. The molecule has 2 fully saturated rings. The summed E-state index contributed by atoms with van der Waals surface area (Å²) in [5.74, 6) is 1.36. The molecule has 2 aliphatic heterocycles. The number of benzene rings is 1. The van der Waals surface area contributed by atoms with Crippen molar-refractivity contribution in [2.75, 3.05) is 19.7 Å². The molecule has 0 bridgehead atoms. The normalized spacial score (nSPS) is 22.8. The van der Waals surface area contributed by atoms with Crippen LogP contribution in [0.1, 0.15) is 24.0 Å². The summed E-state index contributed by atoms with van der Waals surface area (Å²) in [7, 11) is 0. The van der Waals surface area contributed by atoms with E-state index >= 15 is 0 Å². The molecule has 1 aromatic carbocycles. The Morgan fingerprint density at radius 2 is 2.19 bits per heavy atom. The number of amides is 1. The Hall–Kier alpha value is -1.81. The van der Waals surface area contributed by atoms with Crippen molar-refractivity contribution < 1.29 is 14.6 Å². The van der Waals surface area contributed by atoms with E-state index in [0.717, 1.165) is 37.2 Å². The summed E-state index contributed by atoms with van der Waals surface area (Å²) in [6.45, 7) is 1.71. The minimum atomic E-state index is -0.603. The van der Waals surface area contributed by atoms with E-state index in [1.54, 1.807) is 11.0 Å². The number of aliphatic hydroxyl groups is 1. The molecule has 1 saturated carbocycles. The van der Waals surface area contributed by atoms with E-state index in [9.17, 15) is 9.90 Å². The number of nitrogens with zero attached hydrogens (tertiary/aromatic N) is 1. The zero-order valence-electron chi connectivity index (χ0n) is 11.9. The van der Waals surface area contributed by atoms with Crippen LogP contribution in [0.5, 0.6) is 5.75 Å². The van der Waals surface area contributed by atoms with E-state index in [2.05, 4.69) is 6.07 Å². The number of fused-ring (bicyclic) bond motifs is 1. The van der Waals surface area contributed by atoms with Crippen LogP contribution in [-0.2, 0) is 11.2 Å². The highest BCUT2D eigenvalue weighted by molar-refractivity contribution is 5.92. The third-order valence-electron chi connectivity index (χ3n) is 4.71. The third-order valence-corrected chi connectivity index (χ3v) is 4.71. The lowest BCUT2D eigenvalue weighted by Gasteiger charge is -2.46. The van der Waals surface area contributed by atoms with Gasteiger partial charge >= 0.3 is 0 Å². The minimum absolute atomic E-state index is 0.0166. The molecule has 4 nitrogen and oxygen atoms in total. The summed E-state index contributed by atoms with van der Waals surface area (Å²) >= 11 is 0. The monoisotopic (exact) mass is 285 g/mol. The van der Waals surface area contributed by atoms with Crippen molar-refractivity contribution in [2.45, 2.75) is 24.9 Å². The lowest BCUT2D eigenvalue weighted by atomic mass is 9.88. The maximum Gasteiger partial charge on any atom is 0.246 e. The summed E-state index contributed by atoms with van der Waals surface area (Å²) in [4.78, 5) is 13.8. The Bertz CT molecular complexity index is 612. The number of rotatable bonds is 3. The van der Waals surface area contributed by atoms with Crippen LogP contribution in [0.15, 0.2) is 24.3 Å². The van der Waals surface area contributed by atoms with Crippen molar-refractivity contribution in [1.82, 2.24) is 4.90 Å². The van der Waals surface area contributed by atoms with Gasteiger partial charge in [-0.25, -0.2) is 0 Å². The first-order valence-electron chi connectivity index (χ1n) is 7.59. The molecular formula is C17H19NO3. The molecule has 0 radical (unpaired) electrons. The Morgan fingerprint density at radius 3 is 2.95 bits per heavy atom. The minimum Gasteiger partial charge on any atom is -0.493 e. The van der Waals surface area contributed by atoms with Crippen LogP contribution in [0.25, 0.3) is 6.08 Å². The smallest absolute Gasteiger partial charge is 0.246 e. The highest BCUT2D eigenvalue weighted by Crippen LogP contribution is 2.44. The number of β-amino-alcohol motifs (C(OH)–C–C–N with tert-alkyl or cyclic N) is 1. The van der Waals surface area contributed by atoms with Crippen LogP contribution in [0.3, 0.4) is 0 Å². The van der Waals surface area contributed by atoms with Gasteiger partial charge in [0.2, 0.25) is 5.91 Å². The van der Waals surface area contributed by atoms with Crippen molar-refractivity contribution in [3.8, 4) is 5.75 Å². The third kappa shape index (κ3) is 2.33. The van der Waals surface area contributed by atoms with Gasteiger partial charge in [-0.2, -0.15) is 0 Å². The number of carbonyl (C=O) groups is 1. The topological polar surface area (TPSA) is 49.8 Å². The van der Waals surface area contributed by atoms with E-state index in [1.165, 1.54) is 5.56 Å². The largest absolute Gasteiger partial charge is 0.493 e. The van der Waals surface area contributed by atoms with Gasteiger partial charge in [0, 0.05) is 12.5 Å². The van der Waals surface area contributed by atoms with Crippen molar-refractivity contribution in [2.24, 2.45) is 5.92 Å². The van der Waals surface area contributed by atoms with Gasteiger partial charge in [-0.3, -0.25) is 4.79 Å². The van der Waals surface area contributed by atoms with Crippen molar-refractivity contribution in [3.63, 3.8) is 0 Å². The molecule has 1 aromatic rings. The SMILES string of the molecule is O=C(C=Cc1ccc2c(c1)CCO2)N1CC(O)(C2CC2)C1. The average Bonchev–Trinajstić information content (AvgIpc) is 3.20. The maximum atomic E-state index is 12.1. The fourth-order valence-corrected chi connectivity index (χ4v) is 3.23. The Morgan fingerprint density at radius 1 is 1.38 bits per heavy atom. The van der Waals surface area contributed by atoms with E-state index in [4.69, 9.17) is 4.74 Å². The van der Waals surface area contributed by atoms with E-state index in [1.807, 2.05) is 18.2 Å². The summed E-state index contributed by atoms with van der Waals surface area (Å²) in [6, 6.07) is 6.00.